The Morgan fingerprint density at radius 2 is 1.77 bits per heavy atom. The maximum Gasteiger partial charge on any atom is 0.419 e. The molecular weight excluding hydrogens is 358 g/mol. The van der Waals surface area contributed by atoms with Crippen molar-refractivity contribution in [2.75, 3.05) is 10.0 Å². The highest BCUT2D eigenvalue weighted by Crippen LogP contribution is 2.22. The number of hydrogen-bond donors (Lipinski definition) is 2. The van der Waals surface area contributed by atoms with Crippen LogP contribution in [-0.2, 0) is 21.4 Å². The summed E-state index contributed by atoms with van der Waals surface area (Å²) in [7, 11) is -3.83. The number of carbonyl (C=O) groups is 1. The molecule has 0 saturated heterocycles. The number of carbonyl (C=O) groups excluding carboxylic acids is 1. The van der Waals surface area contributed by atoms with Crippen molar-refractivity contribution in [2.45, 2.75) is 25.3 Å². The van der Waals surface area contributed by atoms with Crippen molar-refractivity contribution in [3.05, 3.63) is 53.0 Å². The smallest absolute Gasteiger partial charge is 0.408 e. The van der Waals surface area contributed by atoms with Gasteiger partial charge >= 0.3 is 5.76 Å². The van der Waals surface area contributed by atoms with E-state index >= 15 is 0 Å². The van der Waals surface area contributed by atoms with Crippen molar-refractivity contribution in [2.24, 2.45) is 0 Å². The number of rotatable bonds is 5. The molecule has 26 heavy (non-hydrogen) atoms. The third-order valence-corrected chi connectivity index (χ3v) is 5.12. The summed E-state index contributed by atoms with van der Waals surface area (Å²) in [5.41, 5.74) is 1.68. The number of aryl methyl sites for hydroxylation is 1. The Hall–Kier alpha value is -3.07. The molecule has 0 bridgehead atoms. The van der Waals surface area contributed by atoms with E-state index in [4.69, 9.17) is 4.42 Å². The van der Waals surface area contributed by atoms with Gasteiger partial charge in [0.05, 0.1) is 16.1 Å². The fraction of sp³-hybridized carbons (Fsp3) is 0.176. The summed E-state index contributed by atoms with van der Waals surface area (Å²) < 4.78 is 34.0. The lowest BCUT2D eigenvalue weighted by molar-refractivity contribution is -0.114. The molecule has 0 unspecified atom stereocenters. The van der Waals surface area contributed by atoms with Gasteiger partial charge < -0.3 is 9.73 Å². The molecular formula is C17H17N3O5S. The van der Waals surface area contributed by atoms with Crippen LogP contribution in [0.3, 0.4) is 0 Å². The number of fused-ring (bicyclic) bond motifs is 1. The Kier molecular flexibility index (Phi) is 4.56. The normalized spacial score (nSPS) is 11.5. The van der Waals surface area contributed by atoms with Gasteiger partial charge in [-0.1, -0.05) is 0 Å². The van der Waals surface area contributed by atoms with E-state index in [1.165, 1.54) is 41.8 Å². The minimum absolute atomic E-state index is 0.0410. The first-order chi connectivity index (χ1) is 12.3. The molecule has 1 aromatic heterocycles. The van der Waals surface area contributed by atoms with Crippen LogP contribution in [0.25, 0.3) is 11.1 Å². The first kappa shape index (κ1) is 17.7. The molecule has 0 saturated carbocycles. The topological polar surface area (TPSA) is 110 Å². The van der Waals surface area contributed by atoms with Crippen molar-refractivity contribution >= 4 is 38.4 Å². The summed E-state index contributed by atoms with van der Waals surface area (Å²) in [5.74, 6) is -0.733. The van der Waals surface area contributed by atoms with Crippen LogP contribution in [0.1, 0.15) is 13.8 Å². The standard InChI is InChI=1S/C17H17N3O5S/c1-3-20-15-9-6-13(10-16(15)25-17(20)22)19-26(23,24)14-7-4-12(5-8-14)18-11(2)21/h4-10,19H,3H2,1-2H3,(H,18,21). The summed E-state index contributed by atoms with van der Waals surface area (Å²) in [6.45, 7) is 3.64. The van der Waals surface area contributed by atoms with E-state index in [1.807, 2.05) is 6.92 Å². The quantitative estimate of drug-likeness (QED) is 0.711. The van der Waals surface area contributed by atoms with Gasteiger partial charge in [0.25, 0.3) is 10.0 Å². The highest BCUT2D eigenvalue weighted by atomic mass is 32.2. The van der Waals surface area contributed by atoms with E-state index in [0.29, 0.717) is 23.3 Å². The lowest BCUT2D eigenvalue weighted by atomic mass is 10.3. The molecule has 0 radical (unpaired) electrons. The molecule has 3 rings (SSSR count). The third kappa shape index (κ3) is 3.47. The number of oxazole rings is 1. The van der Waals surface area contributed by atoms with Crippen LogP contribution in [-0.4, -0.2) is 18.9 Å². The van der Waals surface area contributed by atoms with Gasteiger partial charge in [-0.05, 0) is 43.3 Å². The Morgan fingerprint density at radius 3 is 2.38 bits per heavy atom. The molecule has 0 fully saturated rings. The highest BCUT2D eigenvalue weighted by molar-refractivity contribution is 7.92. The molecule has 1 heterocycles. The molecule has 0 atom stereocenters. The van der Waals surface area contributed by atoms with Crippen molar-refractivity contribution in [1.29, 1.82) is 0 Å². The number of benzene rings is 2. The first-order valence-electron chi connectivity index (χ1n) is 7.84. The maximum absolute atomic E-state index is 12.5. The second-order valence-electron chi connectivity index (χ2n) is 5.61. The van der Waals surface area contributed by atoms with Crippen LogP contribution in [0, 0.1) is 0 Å². The monoisotopic (exact) mass is 375 g/mol. The molecule has 3 aromatic rings. The van der Waals surface area contributed by atoms with Crippen LogP contribution in [0.5, 0.6) is 0 Å². The maximum atomic E-state index is 12.5. The van der Waals surface area contributed by atoms with E-state index in [2.05, 4.69) is 10.0 Å². The molecule has 0 aliphatic rings. The summed E-state index contributed by atoms with van der Waals surface area (Å²) >= 11 is 0. The minimum atomic E-state index is -3.83. The van der Waals surface area contributed by atoms with Gasteiger partial charge in [0.1, 0.15) is 0 Å². The number of nitrogens with zero attached hydrogens (tertiary/aromatic N) is 1. The summed E-state index contributed by atoms with van der Waals surface area (Å²) in [4.78, 5) is 22.8. The van der Waals surface area contributed by atoms with Gasteiger partial charge in [-0.3, -0.25) is 14.1 Å². The Morgan fingerprint density at radius 1 is 1.12 bits per heavy atom. The zero-order chi connectivity index (χ0) is 18.9. The van der Waals surface area contributed by atoms with E-state index in [-0.39, 0.29) is 16.5 Å². The van der Waals surface area contributed by atoms with Gasteiger partial charge in [0.2, 0.25) is 5.91 Å². The largest absolute Gasteiger partial charge is 0.419 e. The lowest BCUT2D eigenvalue weighted by Gasteiger charge is -2.09. The molecule has 2 N–H and O–H groups in total. The first-order valence-corrected chi connectivity index (χ1v) is 9.32. The molecule has 0 aliphatic heterocycles. The van der Waals surface area contributed by atoms with E-state index in [1.54, 1.807) is 12.1 Å². The Labute approximate surface area is 149 Å². The number of aromatic nitrogens is 1. The summed E-state index contributed by atoms with van der Waals surface area (Å²) in [6.07, 6.45) is 0. The Bertz CT molecular complexity index is 1130. The van der Waals surface area contributed by atoms with E-state index in [9.17, 15) is 18.0 Å². The lowest BCUT2D eigenvalue weighted by Crippen LogP contribution is -2.13. The van der Waals surface area contributed by atoms with Gasteiger partial charge in [0.15, 0.2) is 5.58 Å². The predicted octanol–water partition coefficient (Wildman–Crippen LogP) is 2.37. The number of hydrogen-bond acceptors (Lipinski definition) is 5. The molecule has 1 amide bonds. The van der Waals surface area contributed by atoms with Crippen molar-refractivity contribution in [1.82, 2.24) is 4.57 Å². The van der Waals surface area contributed by atoms with Crippen LogP contribution >= 0.6 is 0 Å². The van der Waals surface area contributed by atoms with Crippen molar-refractivity contribution < 1.29 is 17.6 Å². The van der Waals surface area contributed by atoms with Crippen molar-refractivity contribution in [3.63, 3.8) is 0 Å². The average molecular weight is 375 g/mol. The SMILES string of the molecule is CCn1c(=O)oc2cc(NS(=O)(=O)c3ccc(NC(C)=O)cc3)ccc21. The molecule has 8 nitrogen and oxygen atoms in total. The molecule has 0 spiro atoms. The molecule has 2 aromatic carbocycles. The predicted molar refractivity (Wildman–Crippen MR) is 97.7 cm³/mol. The van der Waals surface area contributed by atoms with Gasteiger partial charge in [-0.25, -0.2) is 13.2 Å². The van der Waals surface area contributed by atoms with Crippen LogP contribution in [0.4, 0.5) is 11.4 Å². The van der Waals surface area contributed by atoms with Crippen LogP contribution < -0.4 is 15.8 Å². The summed E-state index contributed by atoms with van der Waals surface area (Å²) in [5, 5.41) is 2.57. The van der Waals surface area contributed by atoms with Gasteiger partial charge in [0, 0.05) is 25.2 Å². The van der Waals surface area contributed by atoms with Crippen LogP contribution in [0.2, 0.25) is 0 Å². The fourth-order valence-corrected chi connectivity index (χ4v) is 3.61. The molecule has 136 valence electrons. The zero-order valence-electron chi connectivity index (χ0n) is 14.1. The number of anilines is 2. The highest BCUT2D eigenvalue weighted by Gasteiger charge is 2.16. The van der Waals surface area contributed by atoms with Gasteiger partial charge in [-0.15, -0.1) is 0 Å². The van der Waals surface area contributed by atoms with Crippen molar-refractivity contribution in [3.8, 4) is 0 Å². The second-order valence-corrected chi connectivity index (χ2v) is 7.29. The molecule has 0 aliphatic carbocycles. The fourth-order valence-electron chi connectivity index (χ4n) is 2.56. The minimum Gasteiger partial charge on any atom is -0.408 e. The van der Waals surface area contributed by atoms with E-state index < -0.39 is 15.8 Å². The average Bonchev–Trinajstić information content (AvgIpc) is 2.88. The van der Waals surface area contributed by atoms with Gasteiger partial charge in [-0.2, -0.15) is 0 Å². The third-order valence-electron chi connectivity index (χ3n) is 3.72. The Balaban J connectivity index is 1.88. The number of nitrogens with one attached hydrogen (secondary N) is 2. The molecule has 9 heteroatoms. The van der Waals surface area contributed by atoms with E-state index in [0.717, 1.165) is 0 Å². The van der Waals surface area contributed by atoms with Crippen LogP contribution in [0.15, 0.2) is 56.6 Å². The number of sulfonamides is 1. The second kappa shape index (κ2) is 6.68. The number of amides is 1. The zero-order valence-corrected chi connectivity index (χ0v) is 15.0. The summed E-state index contributed by atoms with van der Waals surface area (Å²) in [6, 6.07) is 10.4.